The number of hydrogen-bond donors (Lipinski definition) is 1. The van der Waals surface area contributed by atoms with Gasteiger partial charge in [0.05, 0.1) is 21.6 Å². The summed E-state index contributed by atoms with van der Waals surface area (Å²) in [7, 11) is 0. The van der Waals surface area contributed by atoms with E-state index in [9.17, 15) is 19.7 Å². The molecule has 1 amide bonds. The van der Waals surface area contributed by atoms with Crippen LogP contribution in [0.15, 0.2) is 42.5 Å². The Kier molecular flexibility index (Phi) is 7.73. The van der Waals surface area contributed by atoms with Gasteiger partial charge in [-0.3, -0.25) is 14.9 Å². The van der Waals surface area contributed by atoms with Crippen molar-refractivity contribution in [3.05, 3.63) is 74.3 Å². The van der Waals surface area contributed by atoms with E-state index < -0.39 is 23.4 Å². The number of nitro groups is 1. The number of carbonyl (C=O) groups excluding carboxylic acids is 2. The third kappa shape index (κ3) is 6.57. The van der Waals surface area contributed by atoms with Gasteiger partial charge in [-0.2, -0.15) is 0 Å². The molecule has 0 saturated heterocycles. The van der Waals surface area contributed by atoms with Crippen molar-refractivity contribution in [2.24, 2.45) is 5.92 Å². The van der Waals surface area contributed by atoms with Gasteiger partial charge >= 0.3 is 5.97 Å². The van der Waals surface area contributed by atoms with Gasteiger partial charge in [0.2, 0.25) is 0 Å². The maximum absolute atomic E-state index is 12.1. The molecule has 0 aliphatic heterocycles. The van der Waals surface area contributed by atoms with Crippen LogP contribution in [0, 0.1) is 16.0 Å². The standard InChI is InChI=1S/C21H23ClN2O5/c1-13(2)10-15-4-6-16(7-5-15)14(3)23-20(25)12-29-21(26)18-11-17(24(27)28)8-9-19(18)22/h4-9,11,13-14H,10,12H2,1-3H3,(H,23,25)/t14-/m0/s1. The van der Waals surface area contributed by atoms with Gasteiger partial charge in [0.1, 0.15) is 0 Å². The summed E-state index contributed by atoms with van der Waals surface area (Å²) in [6.07, 6.45) is 0.983. The lowest BCUT2D eigenvalue weighted by Crippen LogP contribution is -2.31. The zero-order valence-corrected chi connectivity index (χ0v) is 17.2. The SMILES string of the molecule is CC(C)Cc1ccc([C@H](C)NC(=O)COC(=O)c2cc([N+](=O)[O-])ccc2Cl)cc1. The smallest absolute Gasteiger partial charge is 0.340 e. The van der Waals surface area contributed by atoms with Crippen LogP contribution in [0.3, 0.4) is 0 Å². The van der Waals surface area contributed by atoms with Crippen LogP contribution < -0.4 is 5.32 Å². The van der Waals surface area contributed by atoms with Crippen LogP contribution in [0.1, 0.15) is 48.3 Å². The summed E-state index contributed by atoms with van der Waals surface area (Å²) in [6, 6.07) is 11.1. The van der Waals surface area contributed by atoms with Crippen LogP contribution in [0.4, 0.5) is 5.69 Å². The molecule has 0 saturated carbocycles. The zero-order valence-electron chi connectivity index (χ0n) is 16.5. The van der Waals surface area contributed by atoms with Crippen molar-refractivity contribution in [1.29, 1.82) is 0 Å². The first-order valence-electron chi connectivity index (χ1n) is 9.16. The summed E-state index contributed by atoms with van der Waals surface area (Å²) in [5, 5.41) is 13.6. The summed E-state index contributed by atoms with van der Waals surface area (Å²) >= 11 is 5.90. The van der Waals surface area contributed by atoms with Crippen molar-refractivity contribution < 1.29 is 19.2 Å². The number of amides is 1. The highest BCUT2D eigenvalue weighted by molar-refractivity contribution is 6.33. The zero-order chi connectivity index (χ0) is 21.6. The fourth-order valence-electron chi connectivity index (χ4n) is 2.77. The number of hydrogen-bond acceptors (Lipinski definition) is 5. The van der Waals surface area contributed by atoms with Gasteiger partial charge in [-0.25, -0.2) is 4.79 Å². The molecule has 0 bridgehead atoms. The van der Waals surface area contributed by atoms with Gasteiger partial charge in [-0.15, -0.1) is 0 Å². The van der Waals surface area contributed by atoms with Crippen LogP contribution in [0.2, 0.25) is 5.02 Å². The van der Waals surface area contributed by atoms with E-state index in [0.717, 1.165) is 18.1 Å². The average molecular weight is 419 g/mol. The van der Waals surface area contributed by atoms with Crippen molar-refractivity contribution in [1.82, 2.24) is 5.32 Å². The van der Waals surface area contributed by atoms with E-state index in [1.807, 2.05) is 31.2 Å². The van der Waals surface area contributed by atoms with E-state index in [2.05, 4.69) is 19.2 Å². The molecule has 0 unspecified atom stereocenters. The average Bonchev–Trinajstić information content (AvgIpc) is 2.66. The highest BCUT2D eigenvalue weighted by atomic mass is 35.5. The molecule has 0 radical (unpaired) electrons. The number of halogens is 1. The Morgan fingerprint density at radius 1 is 1.14 bits per heavy atom. The molecule has 0 aliphatic rings. The summed E-state index contributed by atoms with van der Waals surface area (Å²) < 4.78 is 4.95. The molecule has 29 heavy (non-hydrogen) atoms. The summed E-state index contributed by atoms with van der Waals surface area (Å²) in [4.78, 5) is 34.4. The largest absolute Gasteiger partial charge is 0.452 e. The number of nitro benzene ring substituents is 1. The minimum absolute atomic E-state index is 0.0101. The minimum Gasteiger partial charge on any atom is -0.452 e. The molecule has 2 aromatic carbocycles. The molecule has 2 rings (SSSR count). The van der Waals surface area contributed by atoms with E-state index in [0.29, 0.717) is 5.92 Å². The molecule has 8 heteroatoms. The fraction of sp³-hybridized carbons (Fsp3) is 0.333. The first kappa shape index (κ1) is 22.4. The highest BCUT2D eigenvalue weighted by Gasteiger charge is 2.19. The highest BCUT2D eigenvalue weighted by Crippen LogP contribution is 2.23. The second-order valence-corrected chi connectivity index (χ2v) is 7.53. The molecule has 7 nitrogen and oxygen atoms in total. The van der Waals surface area contributed by atoms with E-state index in [4.69, 9.17) is 16.3 Å². The van der Waals surface area contributed by atoms with Crippen LogP contribution in [0.5, 0.6) is 0 Å². The van der Waals surface area contributed by atoms with Crippen molar-refractivity contribution in [2.75, 3.05) is 6.61 Å². The maximum Gasteiger partial charge on any atom is 0.340 e. The molecule has 0 aromatic heterocycles. The summed E-state index contributed by atoms with van der Waals surface area (Å²) in [5.41, 5.74) is 1.70. The molecule has 0 aliphatic carbocycles. The van der Waals surface area contributed by atoms with E-state index >= 15 is 0 Å². The Morgan fingerprint density at radius 3 is 2.38 bits per heavy atom. The number of esters is 1. The molecule has 0 fully saturated rings. The van der Waals surface area contributed by atoms with E-state index in [-0.39, 0.29) is 22.3 Å². The summed E-state index contributed by atoms with van der Waals surface area (Å²) in [6.45, 7) is 5.61. The predicted octanol–water partition coefficient (Wildman–Crippen LogP) is 4.48. The van der Waals surface area contributed by atoms with E-state index in [1.54, 1.807) is 0 Å². The lowest BCUT2D eigenvalue weighted by molar-refractivity contribution is -0.384. The van der Waals surface area contributed by atoms with Gasteiger partial charge in [0, 0.05) is 12.1 Å². The predicted molar refractivity (Wildman–Crippen MR) is 110 cm³/mol. The number of nitrogens with one attached hydrogen (secondary N) is 1. The minimum atomic E-state index is -0.903. The number of rotatable bonds is 8. The number of benzene rings is 2. The van der Waals surface area contributed by atoms with Crippen LogP contribution >= 0.6 is 11.6 Å². The maximum atomic E-state index is 12.1. The van der Waals surface area contributed by atoms with Crippen molar-refractivity contribution in [2.45, 2.75) is 33.2 Å². The first-order chi connectivity index (χ1) is 13.7. The molecule has 1 N–H and O–H groups in total. The van der Waals surface area contributed by atoms with Crippen molar-refractivity contribution in [3.63, 3.8) is 0 Å². The fourth-order valence-corrected chi connectivity index (χ4v) is 2.97. The second-order valence-electron chi connectivity index (χ2n) is 7.13. The monoisotopic (exact) mass is 418 g/mol. The number of ether oxygens (including phenoxy) is 1. The number of nitrogens with zero attached hydrogens (tertiary/aromatic N) is 1. The topological polar surface area (TPSA) is 98.5 Å². The normalized spacial score (nSPS) is 11.8. The lowest BCUT2D eigenvalue weighted by atomic mass is 10.00. The Morgan fingerprint density at radius 2 is 1.79 bits per heavy atom. The van der Waals surface area contributed by atoms with Crippen molar-refractivity contribution >= 4 is 29.2 Å². The Bertz CT molecular complexity index is 896. The quantitative estimate of drug-likeness (QED) is 0.387. The second kappa shape index (κ2) is 10.0. The first-order valence-corrected chi connectivity index (χ1v) is 9.54. The Labute approximate surface area is 174 Å². The van der Waals surface area contributed by atoms with Gasteiger partial charge in [-0.1, -0.05) is 49.7 Å². The van der Waals surface area contributed by atoms with Crippen LogP contribution in [-0.4, -0.2) is 23.4 Å². The van der Waals surface area contributed by atoms with Gasteiger partial charge in [-0.05, 0) is 36.5 Å². The van der Waals surface area contributed by atoms with Gasteiger partial charge < -0.3 is 10.1 Å². The molecule has 1 atom stereocenters. The molecular formula is C21H23ClN2O5. The number of non-ortho nitro benzene ring substituents is 1. The van der Waals surface area contributed by atoms with E-state index in [1.165, 1.54) is 17.7 Å². The molecular weight excluding hydrogens is 396 g/mol. The summed E-state index contributed by atoms with van der Waals surface area (Å²) in [5.74, 6) is -0.828. The Balaban J connectivity index is 1.91. The van der Waals surface area contributed by atoms with Crippen LogP contribution in [-0.2, 0) is 16.0 Å². The van der Waals surface area contributed by atoms with Gasteiger partial charge in [0.15, 0.2) is 6.61 Å². The number of carbonyl (C=O) groups is 2. The lowest BCUT2D eigenvalue weighted by Gasteiger charge is -2.15. The molecule has 154 valence electrons. The van der Waals surface area contributed by atoms with Crippen molar-refractivity contribution in [3.8, 4) is 0 Å². The molecule has 0 heterocycles. The third-order valence-corrected chi connectivity index (χ3v) is 4.55. The molecule has 0 spiro atoms. The Hall–Kier alpha value is -2.93. The molecule has 2 aromatic rings. The van der Waals surface area contributed by atoms with Gasteiger partial charge in [0.25, 0.3) is 11.6 Å². The third-order valence-electron chi connectivity index (χ3n) is 4.22. The van der Waals surface area contributed by atoms with Crippen LogP contribution in [0.25, 0.3) is 0 Å².